The lowest BCUT2D eigenvalue weighted by Crippen LogP contribution is -2.41. The summed E-state index contributed by atoms with van der Waals surface area (Å²) in [7, 11) is 0. The number of nitrogens with one attached hydrogen (secondary N) is 1. The lowest BCUT2D eigenvalue weighted by atomic mass is 9.92. The maximum absolute atomic E-state index is 5.95. The van der Waals surface area contributed by atoms with Crippen LogP contribution in [0.4, 0.5) is 0 Å². The molecule has 0 atom stereocenters. The van der Waals surface area contributed by atoms with E-state index in [-0.39, 0.29) is 0 Å². The topological polar surface area (TPSA) is 29.9 Å². The highest BCUT2D eigenvalue weighted by Crippen LogP contribution is 2.25. The first-order valence-corrected chi connectivity index (χ1v) is 6.59. The van der Waals surface area contributed by atoms with E-state index in [1.807, 2.05) is 0 Å². The van der Waals surface area contributed by atoms with Crippen LogP contribution in [0.2, 0.25) is 0 Å². The van der Waals surface area contributed by atoms with Crippen molar-refractivity contribution in [2.75, 3.05) is 0 Å². The molecule has 90 valence electrons. The SMILES string of the molecule is CCc1cc(CNC2CC(Cl)C2)n(CC)n1. The number of aryl methyl sites for hydroxylation is 2. The highest BCUT2D eigenvalue weighted by Gasteiger charge is 2.26. The maximum Gasteiger partial charge on any atom is 0.0625 e. The average Bonchev–Trinajstić information content (AvgIpc) is 2.65. The second-order valence-electron chi connectivity index (χ2n) is 4.44. The molecule has 1 aliphatic carbocycles. The molecular weight excluding hydrogens is 222 g/mol. The Hall–Kier alpha value is -0.540. The molecule has 0 aliphatic heterocycles. The highest BCUT2D eigenvalue weighted by molar-refractivity contribution is 6.21. The zero-order chi connectivity index (χ0) is 11.5. The number of alkyl halides is 1. The molecule has 4 heteroatoms. The molecule has 0 spiro atoms. The van der Waals surface area contributed by atoms with Gasteiger partial charge in [0.25, 0.3) is 0 Å². The molecule has 0 radical (unpaired) electrons. The third-order valence-electron chi connectivity index (χ3n) is 3.23. The number of rotatable bonds is 5. The summed E-state index contributed by atoms with van der Waals surface area (Å²) >= 11 is 5.95. The van der Waals surface area contributed by atoms with Crippen molar-refractivity contribution in [1.29, 1.82) is 0 Å². The van der Waals surface area contributed by atoms with E-state index in [1.165, 1.54) is 11.4 Å². The molecule has 1 aliphatic rings. The largest absolute Gasteiger partial charge is 0.308 e. The van der Waals surface area contributed by atoms with Gasteiger partial charge in [0.2, 0.25) is 0 Å². The predicted octanol–water partition coefficient (Wildman–Crippen LogP) is 2.32. The van der Waals surface area contributed by atoms with Crippen LogP contribution < -0.4 is 5.32 Å². The van der Waals surface area contributed by atoms with E-state index in [9.17, 15) is 0 Å². The Kier molecular flexibility index (Phi) is 3.87. The van der Waals surface area contributed by atoms with Crippen molar-refractivity contribution in [3.63, 3.8) is 0 Å². The molecule has 3 nitrogen and oxygen atoms in total. The Bertz CT molecular complexity index is 342. The standard InChI is InChI=1S/C12H20ClN3/c1-3-10-7-12(16(4-2)15-10)8-14-11-5-9(13)6-11/h7,9,11,14H,3-6,8H2,1-2H3. The molecule has 1 heterocycles. The third kappa shape index (κ3) is 2.58. The quantitative estimate of drug-likeness (QED) is 0.802. The molecule has 0 aromatic carbocycles. The Morgan fingerprint density at radius 3 is 2.81 bits per heavy atom. The van der Waals surface area contributed by atoms with Crippen molar-refractivity contribution >= 4 is 11.6 Å². The van der Waals surface area contributed by atoms with Crippen LogP contribution >= 0.6 is 11.6 Å². The number of nitrogens with zero attached hydrogens (tertiary/aromatic N) is 2. The first kappa shape index (κ1) is 11.9. The number of hydrogen-bond donors (Lipinski definition) is 1. The number of aromatic nitrogens is 2. The summed E-state index contributed by atoms with van der Waals surface area (Å²) in [5.74, 6) is 0. The van der Waals surface area contributed by atoms with Gasteiger partial charge in [-0.25, -0.2) is 0 Å². The molecular formula is C12H20ClN3. The van der Waals surface area contributed by atoms with Gasteiger partial charge in [0.15, 0.2) is 0 Å². The fraction of sp³-hybridized carbons (Fsp3) is 0.750. The Morgan fingerprint density at radius 2 is 2.25 bits per heavy atom. The third-order valence-corrected chi connectivity index (χ3v) is 3.58. The van der Waals surface area contributed by atoms with Crippen LogP contribution in [0.25, 0.3) is 0 Å². The molecule has 1 fully saturated rings. The molecule has 0 bridgehead atoms. The molecule has 2 rings (SSSR count). The summed E-state index contributed by atoms with van der Waals surface area (Å²) in [4.78, 5) is 0. The van der Waals surface area contributed by atoms with E-state index >= 15 is 0 Å². The monoisotopic (exact) mass is 241 g/mol. The zero-order valence-corrected chi connectivity index (χ0v) is 10.8. The molecule has 1 N–H and O–H groups in total. The van der Waals surface area contributed by atoms with Crippen molar-refractivity contribution in [3.8, 4) is 0 Å². The van der Waals surface area contributed by atoms with E-state index < -0.39 is 0 Å². The molecule has 1 aromatic heterocycles. The zero-order valence-electron chi connectivity index (χ0n) is 10.0. The Labute approximate surface area is 102 Å². The summed E-state index contributed by atoms with van der Waals surface area (Å²) in [5, 5.41) is 8.46. The smallest absolute Gasteiger partial charge is 0.0625 e. The molecule has 0 unspecified atom stereocenters. The van der Waals surface area contributed by atoms with Gasteiger partial charge >= 0.3 is 0 Å². The molecule has 1 saturated carbocycles. The lowest BCUT2D eigenvalue weighted by molar-refractivity contribution is 0.340. The van der Waals surface area contributed by atoms with Crippen LogP contribution in [-0.4, -0.2) is 21.2 Å². The summed E-state index contributed by atoms with van der Waals surface area (Å²) in [6.07, 6.45) is 3.21. The van der Waals surface area contributed by atoms with Crippen molar-refractivity contribution in [1.82, 2.24) is 15.1 Å². The van der Waals surface area contributed by atoms with Gasteiger partial charge in [-0.15, -0.1) is 11.6 Å². The van der Waals surface area contributed by atoms with Crippen molar-refractivity contribution < 1.29 is 0 Å². The minimum Gasteiger partial charge on any atom is -0.308 e. The van der Waals surface area contributed by atoms with E-state index in [2.05, 4.69) is 35.0 Å². The van der Waals surface area contributed by atoms with Crippen LogP contribution in [0.15, 0.2) is 6.07 Å². The van der Waals surface area contributed by atoms with Crippen LogP contribution in [0.5, 0.6) is 0 Å². The summed E-state index contributed by atoms with van der Waals surface area (Å²) in [6.45, 7) is 6.13. The molecule has 1 aromatic rings. The van der Waals surface area contributed by atoms with Gasteiger partial charge in [0, 0.05) is 24.5 Å². The van der Waals surface area contributed by atoms with Crippen LogP contribution in [0.3, 0.4) is 0 Å². The van der Waals surface area contributed by atoms with Gasteiger partial charge in [0.1, 0.15) is 0 Å². The van der Waals surface area contributed by atoms with E-state index in [1.54, 1.807) is 0 Å². The van der Waals surface area contributed by atoms with Gasteiger partial charge in [-0.3, -0.25) is 4.68 Å². The van der Waals surface area contributed by atoms with E-state index in [4.69, 9.17) is 11.6 Å². The van der Waals surface area contributed by atoms with E-state index in [0.717, 1.165) is 32.4 Å². The van der Waals surface area contributed by atoms with Gasteiger partial charge in [0.05, 0.1) is 11.4 Å². The highest BCUT2D eigenvalue weighted by atomic mass is 35.5. The van der Waals surface area contributed by atoms with Gasteiger partial charge in [-0.2, -0.15) is 5.10 Å². The Balaban J connectivity index is 1.89. The van der Waals surface area contributed by atoms with Crippen molar-refractivity contribution in [2.45, 2.75) is 57.6 Å². The minimum absolute atomic E-state index is 0.389. The second-order valence-corrected chi connectivity index (χ2v) is 5.06. The van der Waals surface area contributed by atoms with Gasteiger partial charge < -0.3 is 5.32 Å². The number of halogens is 1. The normalized spacial score (nSPS) is 24.4. The molecule has 0 saturated heterocycles. The maximum atomic E-state index is 5.95. The van der Waals surface area contributed by atoms with E-state index in [0.29, 0.717) is 11.4 Å². The molecule has 0 amide bonds. The molecule has 16 heavy (non-hydrogen) atoms. The van der Waals surface area contributed by atoms with Crippen LogP contribution in [0.1, 0.15) is 38.1 Å². The predicted molar refractivity (Wildman–Crippen MR) is 66.8 cm³/mol. The van der Waals surface area contributed by atoms with Crippen molar-refractivity contribution in [2.24, 2.45) is 0 Å². The summed E-state index contributed by atoms with van der Waals surface area (Å²) in [6, 6.07) is 2.81. The minimum atomic E-state index is 0.389. The fourth-order valence-electron chi connectivity index (χ4n) is 2.07. The summed E-state index contributed by atoms with van der Waals surface area (Å²) in [5.41, 5.74) is 2.47. The van der Waals surface area contributed by atoms with Gasteiger partial charge in [-0.05, 0) is 32.3 Å². The van der Waals surface area contributed by atoms with Crippen LogP contribution in [0, 0.1) is 0 Å². The first-order chi connectivity index (χ1) is 7.72. The fourth-order valence-corrected chi connectivity index (χ4v) is 2.50. The average molecular weight is 242 g/mol. The van der Waals surface area contributed by atoms with Gasteiger partial charge in [-0.1, -0.05) is 6.92 Å². The second kappa shape index (κ2) is 5.19. The van der Waals surface area contributed by atoms with Crippen LogP contribution in [-0.2, 0) is 19.5 Å². The summed E-state index contributed by atoms with van der Waals surface area (Å²) < 4.78 is 2.09. The Morgan fingerprint density at radius 1 is 1.50 bits per heavy atom. The lowest BCUT2D eigenvalue weighted by Gasteiger charge is -2.31. The van der Waals surface area contributed by atoms with Crippen molar-refractivity contribution in [3.05, 3.63) is 17.5 Å². The first-order valence-electron chi connectivity index (χ1n) is 6.16. The number of hydrogen-bond acceptors (Lipinski definition) is 2.